The fraction of sp³-hybridized carbons (Fsp3) is 0.647. The predicted octanol–water partition coefficient (Wildman–Crippen LogP) is 1.66. The van der Waals surface area contributed by atoms with Gasteiger partial charge in [-0.15, -0.1) is 0 Å². The predicted molar refractivity (Wildman–Crippen MR) is 87.8 cm³/mol. The van der Waals surface area contributed by atoms with Crippen LogP contribution >= 0.6 is 0 Å². The van der Waals surface area contributed by atoms with Crippen molar-refractivity contribution in [2.75, 3.05) is 38.0 Å². The topological polar surface area (TPSA) is 57.3 Å². The number of amides is 1. The van der Waals surface area contributed by atoms with Crippen LogP contribution in [0.25, 0.3) is 0 Å². The van der Waals surface area contributed by atoms with E-state index in [0.29, 0.717) is 12.3 Å². The molecule has 0 aromatic carbocycles. The lowest BCUT2D eigenvalue weighted by Gasteiger charge is -2.22. The number of anilines is 1. The quantitative estimate of drug-likeness (QED) is 0.839. The Morgan fingerprint density at radius 2 is 2.32 bits per heavy atom. The van der Waals surface area contributed by atoms with E-state index in [0.717, 1.165) is 57.1 Å². The molecule has 5 heteroatoms. The Kier molecular flexibility index (Phi) is 5.27. The summed E-state index contributed by atoms with van der Waals surface area (Å²) < 4.78 is 0. The molecule has 0 spiro atoms. The summed E-state index contributed by atoms with van der Waals surface area (Å²) in [4.78, 5) is 18.2. The molecule has 3 heterocycles. The Morgan fingerprint density at radius 3 is 3.09 bits per heavy atom. The molecule has 1 atom stereocenters. The summed E-state index contributed by atoms with van der Waals surface area (Å²) in [5, 5.41) is 6.81. The summed E-state index contributed by atoms with van der Waals surface area (Å²) in [6.07, 6.45) is 5.33. The van der Waals surface area contributed by atoms with E-state index < -0.39 is 0 Å². The molecule has 0 unspecified atom stereocenters. The molecule has 1 aromatic rings. The van der Waals surface area contributed by atoms with Gasteiger partial charge in [0.2, 0.25) is 5.91 Å². The summed E-state index contributed by atoms with van der Waals surface area (Å²) in [5.74, 6) is 1.92. The minimum Gasteiger partial charge on any atom is -0.368 e. The highest BCUT2D eigenvalue weighted by atomic mass is 16.2. The van der Waals surface area contributed by atoms with Crippen LogP contribution in [0.4, 0.5) is 5.82 Å². The van der Waals surface area contributed by atoms with E-state index in [1.165, 1.54) is 12.8 Å². The minimum absolute atomic E-state index is 0.285. The second kappa shape index (κ2) is 7.58. The maximum absolute atomic E-state index is 11.6. The monoisotopic (exact) mass is 302 g/mol. The van der Waals surface area contributed by atoms with Gasteiger partial charge in [-0.3, -0.25) is 4.79 Å². The summed E-state index contributed by atoms with van der Waals surface area (Å²) in [6.45, 7) is 4.71. The lowest BCUT2D eigenvalue weighted by atomic mass is 9.94. The van der Waals surface area contributed by atoms with Crippen LogP contribution in [-0.4, -0.2) is 48.5 Å². The number of likely N-dealkylation sites (tertiary alicyclic amines) is 1. The zero-order chi connectivity index (χ0) is 15.2. The van der Waals surface area contributed by atoms with Crippen molar-refractivity contribution in [3.8, 4) is 0 Å². The van der Waals surface area contributed by atoms with Crippen LogP contribution in [0.3, 0.4) is 0 Å². The van der Waals surface area contributed by atoms with E-state index in [9.17, 15) is 4.79 Å². The maximum atomic E-state index is 11.6. The van der Waals surface area contributed by atoms with Crippen molar-refractivity contribution in [3.63, 3.8) is 0 Å². The summed E-state index contributed by atoms with van der Waals surface area (Å²) in [5.41, 5.74) is 1.16. The third-order valence-electron chi connectivity index (χ3n) is 4.56. The molecule has 3 rings (SSSR count). The lowest BCUT2D eigenvalue weighted by molar-refractivity contribution is -0.127. The molecule has 120 valence electrons. The average molecular weight is 302 g/mol. The van der Waals surface area contributed by atoms with Gasteiger partial charge in [0.1, 0.15) is 5.82 Å². The molecular weight excluding hydrogens is 276 g/mol. The molecule has 2 saturated heterocycles. The van der Waals surface area contributed by atoms with Crippen molar-refractivity contribution < 1.29 is 4.79 Å². The van der Waals surface area contributed by atoms with Crippen LogP contribution in [0.15, 0.2) is 18.2 Å². The first-order valence-electron chi connectivity index (χ1n) is 8.49. The molecule has 0 bridgehead atoms. The molecule has 2 aliphatic rings. The number of aromatic nitrogens is 1. The summed E-state index contributed by atoms with van der Waals surface area (Å²) >= 11 is 0. The van der Waals surface area contributed by atoms with E-state index in [4.69, 9.17) is 4.98 Å². The molecule has 1 amide bonds. The number of pyridine rings is 1. The first kappa shape index (κ1) is 15.3. The molecule has 5 nitrogen and oxygen atoms in total. The standard InChI is InChI=1S/C17H26N4O/c22-17-7-3-10-21(17)11-9-19-16-6-1-5-15(20-16)12-14-4-2-8-18-13-14/h1,5-6,14,18H,2-4,7-13H2,(H,19,20)/t14-/m0/s1. The maximum Gasteiger partial charge on any atom is 0.222 e. The van der Waals surface area contributed by atoms with Gasteiger partial charge in [0.05, 0.1) is 0 Å². The van der Waals surface area contributed by atoms with Gasteiger partial charge in [-0.2, -0.15) is 0 Å². The van der Waals surface area contributed by atoms with Crippen molar-refractivity contribution in [3.05, 3.63) is 23.9 Å². The zero-order valence-electron chi connectivity index (χ0n) is 13.2. The van der Waals surface area contributed by atoms with Crippen molar-refractivity contribution in [2.45, 2.75) is 32.1 Å². The number of carbonyl (C=O) groups is 1. The van der Waals surface area contributed by atoms with E-state index >= 15 is 0 Å². The molecule has 2 N–H and O–H groups in total. The van der Waals surface area contributed by atoms with Gasteiger partial charge in [0, 0.05) is 31.7 Å². The highest BCUT2D eigenvalue weighted by molar-refractivity contribution is 5.78. The zero-order valence-corrected chi connectivity index (χ0v) is 13.2. The number of hydrogen-bond acceptors (Lipinski definition) is 4. The molecular formula is C17H26N4O. The first-order chi connectivity index (χ1) is 10.8. The number of piperidine rings is 1. The number of nitrogens with zero attached hydrogens (tertiary/aromatic N) is 2. The van der Waals surface area contributed by atoms with Crippen LogP contribution in [-0.2, 0) is 11.2 Å². The smallest absolute Gasteiger partial charge is 0.222 e. The highest BCUT2D eigenvalue weighted by Crippen LogP contribution is 2.16. The van der Waals surface area contributed by atoms with Crippen LogP contribution in [0.1, 0.15) is 31.4 Å². The third-order valence-corrected chi connectivity index (χ3v) is 4.56. The summed E-state index contributed by atoms with van der Waals surface area (Å²) in [6, 6.07) is 6.19. The van der Waals surface area contributed by atoms with Gasteiger partial charge >= 0.3 is 0 Å². The molecule has 1 aromatic heterocycles. The molecule has 0 radical (unpaired) electrons. The van der Waals surface area contributed by atoms with Crippen molar-refractivity contribution >= 4 is 11.7 Å². The second-order valence-corrected chi connectivity index (χ2v) is 6.34. The van der Waals surface area contributed by atoms with E-state index in [1.54, 1.807) is 0 Å². The fourth-order valence-corrected chi connectivity index (χ4v) is 3.35. The van der Waals surface area contributed by atoms with Crippen molar-refractivity contribution in [1.82, 2.24) is 15.2 Å². The Labute approximate surface area is 132 Å². The highest BCUT2D eigenvalue weighted by Gasteiger charge is 2.19. The average Bonchev–Trinajstić information content (AvgIpc) is 2.94. The van der Waals surface area contributed by atoms with Crippen LogP contribution < -0.4 is 10.6 Å². The second-order valence-electron chi connectivity index (χ2n) is 6.34. The number of hydrogen-bond donors (Lipinski definition) is 2. The molecule has 0 aliphatic carbocycles. The van der Waals surface area contributed by atoms with Crippen LogP contribution in [0.2, 0.25) is 0 Å². The Morgan fingerprint density at radius 1 is 1.36 bits per heavy atom. The Hall–Kier alpha value is -1.62. The fourth-order valence-electron chi connectivity index (χ4n) is 3.35. The van der Waals surface area contributed by atoms with E-state index in [-0.39, 0.29) is 5.91 Å². The van der Waals surface area contributed by atoms with Crippen molar-refractivity contribution in [1.29, 1.82) is 0 Å². The van der Waals surface area contributed by atoms with Gasteiger partial charge in [-0.1, -0.05) is 6.07 Å². The van der Waals surface area contributed by atoms with Crippen LogP contribution in [0.5, 0.6) is 0 Å². The van der Waals surface area contributed by atoms with Crippen molar-refractivity contribution in [2.24, 2.45) is 5.92 Å². The number of rotatable bonds is 6. The van der Waals surface area contributed by atoms with Gasteiger partial charge in [0.25, 0.3) is 0 Å². The van der Waals surface area contributed by atoms with Gasteiger partial charge < -0.3 is 15.5 Å². The molecule has 2 fully saturated rings. The minimum atomic E-state index is 0.285. The molecule has 2 aliphatic heterocycles. The lowest BCUT2D eigenvalue weighted by Crippen LogP contribution is -2.31. The van der Waals surface area contributed by atoms with Gasteiger partial charge in [-0.05, 0) is 56.8 Å². The SMILES string of the molecule is O=C1CCCN1CCNc1cccc(C[C@@H]2CCCNC2)n1. The Bertz CT molecular complexity index is 499. The van der Waals surface area contributed by atoms with E-state index in [1.807, 2.05) is 11.0 Å². The van der Waals surface area contributed by atoms with Gasteiger partial charge in [-0.25, -0.2) is 4.98 Å². The van der Waals surface area contributed by atoms with E-state index in [2.05, 4.69) is 22.8 Å². The first-order valence-corrected chi connectivity index (χ1v) is 8.49. The van der Waals surface area contributed by atoms with Gasteiger partial charge in [0.15, 0.2) is 0 Å². The normalized spacial score (nSPS) is 22.1. The number of nitrogens with one attached hydrogen (secondary N) is 2. The largest absolute Gasteiger partial charge is 0.368 e. The third kappa shape index (κ3) is 4.19. The molecule has 22 heavy (non-hydrogen) atoms. The van der Waals surface area contributed by atoms with Crippen LogP contribution in [0, 0.1) is 5.92 Å². The molecule has 0 saturated carbocycles. The summed E-state index contributed by atoms with van der Waals surface area (Å²) in [7, 11) is 0. The number of carbonyl (C=O) groups excluding carboxylic acids is 1. The Balaban J connectivity index is 1.47.